The third-order valence-corrected chi connectivity index (χ3v) is 5.08. The molecule has 0 saturated carbocycles. The molecule has 0 unspecified atom stereocenters. The first kappa shape index (κ1) is 20.3. The number of anilines is 1. The maximum absolute atomic E-state index is 12.8. The van der Waals surface area contributed by atoms with Crippen LogP contribution in [0.25, 0.3) is 0 Å². The number of aromatic amines is 2. The fraction of sp³-hybridized carbons (Fsp3) is 0.294. The molecule has 3 heterocycles. The highest BCUT2D eigenvalue weighted by atomic mass is 32.2. The number of imidazole rings is 1. The minimum absolute atomic E-state index is 0.00825. The van der Waals surface area contributed by atoms with Gasteiger partial charge in [-0.3, -0.25) is 4.98 Å². The lowest BCUT2D eigenvalue weighted by atomic mass is 10.2. The van der Waals surface area contributed by atoms with Crippen molar-refractivity contribution in [3.05, 3.63) is 64.2 Å². The standard InChI is InChI=1S/C17H17F3N6S2/c18-17(19,20)14-13(24-10-25-14)9-28-6-5-22-16-23-8-11(15(27)26-16)7-12-3-1-2-4-21-12/h1-4,8,10H,5-7,9H2,(H,24,25)(H2,22,23,26,27). The van der Waals surface area contributed by atoms with Crippen LogP contribution in [0, 0.1) is 4.64 Å². The van der Waals surface area contributed by atoms with Gasteiger partial charge < -0.3 is 15.3 Å². The first-order valence-corrected chi connectivity index (χ1v) is 9.89. The zero-order valence-electron chi connectivity index (χ0n) is 14.6. The van der Waals surface area contributed by atoms with Crippen LogP contribution < -0.4 is 5.32 Å². The molecule has 11 heteroatoms. The zero-order chi connectivity index (χ0) is 20.0. The fourth-order valence-corrected chi connectivity index (χ4v) is 3.45. The van der Waals surface area contributed by atoms with E-state index in [0.29, 0.717) is 29.3 Å². The molecule has 3 aromatic heterocycles. The predicted octanol–water partition coefficient (Wildman–Crippen LogP) is 4.21. The van der Waals surface area contributed by atoms with E-state index in [9.17, 15) is 13.2 Å². The summed E-state index contributed by atoms with van der Waals surface area (Å²) in [6, 6.07) is 5.68. The second kappa shape index (κ2) is 9.20. The Hall–Kier alpha value is -2.40. The van der Waals surface area contributed by atoms with Crippen molar-refractivity contribution >= 4 is 29.9 Å². The number of aromatic nitrogens is 5. The van der Waals surface area contributed by atoms with Gasteiger partial charge in [-0.25, -0.2) is 9.97 Å². The molecular weight excluding hydrogens is 409 g/mol. The molecule has 0 aliphatic carbocycles. The monoisotopic (exact) mass is 426 g/mol. The lowest BCUT2D eigenvalue weighted by Crippen LogP contribution is -2.10. The first-order chi connectivity index (χ1) is 13.4. The van der Waals surface area contributed by atoms with Crippen LogP contribution in [0.5, 0.6) is 0 Å². The van der Waals surface area contributed by atoms with Gasteiger partial charge in [0, 0.05) is 48.1 Å². The molecular formula is C17H17F3N6S2. The number of hydrogen-bond acceptors (Lipinski definition) is 6. The summed E-state index contributed by atoms with van der Waals surface area (Å²) in [5, 5.41) is 3.08. The lowest BCUT2D eigenvalue weighted by Gasteiger charge is -2.08. The van der Waals surface area contributed by atoms with Crippen LogP contribution in [0.4, 0.5) is 19.1 Å². The topological polar surface area (TPSA) is 82.3 Å². The highest BCUT2D eigenvalue weighted by Gasteiger charge is 2.35. The maximum Gasteiger partial charge on any atom is 0.433 e. The second-order valence-corrected chi connectivity index (χ2v) is 7.30. The predicted molar refractivity (Wildman–Crippen MR) is 105 cm³/mol. The van der Waals surface area contributed by atoms with Gasteiger partial charge in [-0.1, -0.05) is 18.3 Å². The third-order valence-electron chi connectivity index (χ3n) is 3.75. The summed E-state index contributed by atoms with van der Waals surface area (Å²) >= 11 is 6.71. The van der Waals surface area contributed by atoms with Crippen LogP contribution in [0.2, 0.25) is 0 Å². The quantitative estimate of drug-likeness (QED) is 0.370. The minimum atomic E-state index is -4.42. The molecule has 0 bridgehead atoms. The molecule has 0 fully saturated rings. The number of pyridine rings is 1. The maximum atomic E-state index is 12.8. The Kier molecular flexibility index (Phi) is 6.68. The number of nitrogens with zero attached hydrogens (tertiary/aromatic N) is 3. The van der Waals surface area contributed by atoms with Crippen molar-refractivity contribution in [1.29, 1.82) is 0 Å². The summed E-state index contributed by atoms with van der Waals surface area (Å²) in [6.07, 6.45) is 0.657. The molecule has 0 aromatic carbocycles. The SMILES string of the molecule is FC(F)(F)c1[nH]cnc1CSCCNc1ncc(Cc2ccccn2)c(=S)[nH]1. The van der Waals surface area contributed by atoms with Crippen molar-refractivity contribution in [3.8, 4) is 0 Å². The van der Waals surface area contributed by atoms with Crippen LogP contribution in [0.1, 0.15) is 22.6 Å². The Bertz CT molecular complexity index is 955. The Labute approximate surface area is 168 Å². The van der Waals surface area contributed by atoms with E-state index < -0.39 is 11.9 Å². The highest BCUT2D eigenvalue weighted by Crippen LogP contribution is 2.31. The fourth-order valence-electron chi connectivity index (χ4n) is 2.42. The van der Waals surface area contributed by atoms with Gasteiger partial charge >= 0.3 is 6.18 Å². The summed E-state index contributed by atoms with van der Waals surface area (Å²) in [5.74, 6) is 1.28. The molecule has 3 N–H and O–H groups in total. The zero-order valence-corrected chi connectivity index (χ0v) is 16.2. The van der Waals surface area contributed by atoms with Crippen molar-refractivity contribution in [2.24, 2.45) is 0 Å². The van der Waals surface area contributed by atoms with Crippen molar-refractivity contribution in [3.63, 3.8) is 0 Å². The van der Waals surface area contributed by atoms with Gasteiger partial charge in [-0.05, 0) is 12.1 Å². The molecule has 0 radical (unpaired) electrons. The smallest absolute Gasteiger partial charge is 0.355 e. The molecule has 3 aromatic rings. The van der Waals surface area contributed by atoms with E-state index in [4.69, 9.17) is 12.2 Å². The van der Waals surface area contributed by atoms with Crippen molar-refractivity contribution in [1.82, 2.24) is 24.9 Å². The number of thioether (sulfide) groups is 1. The number of nitrogens with one attached hydrogen (secondary N) is 3. The van der Waals surface area contributed by atoms with Gasteiger partial charge in [0.05, 0.1) is 12.0 Å². The number of H-pyrrole nitrogens is 2. The van der Waals surface area contributed by atoms with E-state index in [2.05, 4.69) is 30.2 Å². The van der Waals surface area contributed by atoms with Crippen LogP contribution in [-0.4, -0.2) is 37.2 Å². The van der Waals surface area contributed by atoms with E-state index in [1.165, 1.54) is 11.8 Å². The van der Waals surface area contributed by atoms with Crippen molar-refractivity contribution in [2.75, 3.05) is 17.6 Å². The molecule has 0 amide bonds. The minimum Gasteiger partial charge on any atom is -0.355 e. The summed E-state index contributed by atoms with van der Waals surface area (Å²) in [6.45, 7) is 0.522. The number of hydrogen-bond donors (Lipinski definition) is 3. The largest absolute Gasteiger partial charge is 0.433 e. The van der Waals surface area contributed by atoms with E-state index in [1.807, 2.05) is 18.2 Å². The van der Waals surface area contributed by atoms with Crippen LogP contribution in [0.3, 0.4) is 0 Å². The summed E-state index contributed by atoms with van der Waals surface area (Å²) in [4.78, 5) is 17.5. The van der Waals surface area contributed by atoms with Gasteiger partial charge in [0.2, 0.25) is 5.95 Å². The molecule has 0 atom stereocenters. The number of alkyl halides is 3. The van der Waals surface area contributed by atoms with Crippen molar-refractivity contribution in [2.45, 2.75) is 18.3 Å². The Morgan fingerprint density at radius 2 is 2.04 bits per heavy atom. The van der Waals surface area contributed by atoms with E-state index in [0.717, 1.165) is 17.6 Å². The van der Waals surface area contributed by atoms with Gasteiger partial charge in [0.15, 0.2) is 0 Å². The number of rotatable bonds is 8. The van der Waals surface area contributed by atoms with Crippen LogP contribution in [0.15, 0.2) is 36.9 Å². The van der Waals surface area contributed by atoms with Gasteiger partial charge in [-0.15, -0.1) is 0 Å². The van der Waals surface area contributed by atoms with Crippen LogP contribution >= 0.6 is 24.0 Å². The molecule has 28 heavy (non-hydrogen) atoms. The molecule has 148 valence electrons. The average molecular weight is 426 g/mol. The molecule has 0 spiro atoms. The second-order valence-electron chi connectivity index (χ2n) is 5.79. The third kappa shape index (κ3) is 5.55. The van der Waals surface area contributed by atoms with E-state index in [1.54, 1.807) is 12.4 Å². The summed E-state index contributed by atoms with van der Waals surface area (Å²) in [7, 11) is 0. The van der Waals surface area contributed by atoms with E-state index in [-0.39, 0.29) is 11.4 Å². The van der Waals surface area contributed by atoms with Gasteiger partial charge in [0.25, 0.3) is 0 Å². The molecule has 6 nitrogen and oxygen atoms in total. The van der Waals surface area contributed by atoms with Crippen molar-refractivity contribution < 1.29 is 13.2 Å². The lowest BCUT2D eigenvalue weighted by molar-refractivity contribution is -0.141. The molecule has 0 aliphatic rings. The van der Waals surface area contributed by atoms with Crippen LogP contribution in [-0.2, 0) is 18.3 Å². The Morgan fingerprint density at radius 1 is 1.18 bits per heavy atom. The Balaban J connectivity index is 1.46. The average Bonchev–Trinajstić information content (AvgIpc) is 3.13. The summed E-state index contributed by atoms with van der Waals surface area (Å²) < 4.78 is 38.9. The summed E-state index contributed by atoms with van der Waals surface area (Å²) in [5.41, 5.74) is 0.987. The van der Waals surface area contributed by atoms with Gasteiger partial charge in [-0.2, -0.15) is 24.9 Å². The van der Waals surface area contributed by atoms with Gasteiger partial charge in [0.1, 0.15) is 10.3 Å². The Morgan fingerprint density at radius 3 is 2.75 bits per heavy atom. The molecule has 0 saturated heterocycles. The van der Waals surface area contributed by atoms with E-state index >= 15 is 0 Å². The highest BCUT2D eigenvalue weighted by molar-refractivity contribution is 7.98. The normalized spacial score (nSPS) is 11.5. The number of halogens is 3. The first-order valence-electron chi connectivity index (χ1n) is 8.32. The molecule has 0 aliphatic heterocycles. The molecule has 3 rings (SSSR count).